The van der Waals surface area contributed by atoms with Crippen molar-refractivity contribution in [3.05, 3.63) is 0 Å². The van der Waals surface area contributed by atoms with Gasteiger partial charge in [-0.1, -0.05) is 0 Å². The SMILES string of the molecule is CC(=NC1CCC(CC2CCC(N3CCCC3=O)CC2)CC1)NC#N. The van der Waals surface area contributed by atoms with E-state index in [4.69, 9.17) is 5.26 Å². The summed E-state index contributed by atoms with van der Waals surface area (Å²) in [6, 6.07) is 0.931. The Labute approximate surface area is 151 Å². The summed E-state index contributed by atoms with van der Waals surface area (Å²) in [6.07, 6.45) is 15.1. The summed E-state index contributed by atoms with van der Waals surface area (Å²) in [4.78, 5) is 18.7. The zero-order valence-electron chi connectivity index (χ0n) is 15.5. The number of nitriles is 1. The topological polar surface area (TPSA) is 68.5 Å². The van der Waals surface area contributed by atoms with Crippen LogP contribution >= 0.6 is 0 Å². The molecule has 0 unspecified atom stereocenters. The van der Waals surface area contributed by atoms with Gasteiger partial charge in [0.05, 0.1) is 6.04 Å². The van der Waals surface area contributed by atoms with Gasteiger partial charge in [-0.2, -0.15) is 5.26 Å². The highest BCUT2D eigenvalue weighted by Gasteiger charge is 2.32. The maximum Gasteiger partial charge on any atom is 0.222 e. The van der Waals surface area contributed by atoms with Crippen LogP contribution in [0.3, 0.4) is 0 Å². The summed E-state index contributed by atoms with van der Waals surface area (Å²) in [7, 11) is 0. The number of rotatable bonds is 4. The number of likely N-dealkylation sites (tertiary alicyclic amines) is 1. The minimum Gasteiger partial charge on any atom is -0.340 e. The molecule has 1 heterocycles. The molecule has 25 heavy (non-hydrogen) atoms. The molecule has 1 aliphatic heterocycles. The number of nitrogens with zero attached hydrogens (tertiary/aromatic N) is 3. The quantitative estimate of drug-likeness (QED) is 0.367. The predicted octanol–water partition coefficient (Wildman–Crippen LogP) is 3.61. The summed E-state index contributed by atoms with van der Waals surface area (Å²) in [5, 5.41) is 11.3. The van der Waals surface area contributed by atoms with Crippen molar-refractivity contribution in [2.75, 3.05) is 6.54 Å². The van der Waals surface area contributed by atoms with Gasteiger partial charge in [-0.15, -0.1) is 0 Å². The van der Waals surface area contributed by atoms with E-state index in [1.807, 2.05) is 13.1 Å². The fraction of sp³-hybridized carbons (Fsp3) is 0.850. The van der Waals surface area contributed by atoms with Crippen molar-refractivity contribution in [1.82, 2.24) is 10.2 Å². The van der Waals surface area contributed by atoms with Crippen LogP contribution < -0.4 is 5.32 Å². The summed E-state index contributed by atoms with van der Waals surface area (Å²) >= 11 is 0. The van der Waals surface area contributed by atoms with Crippen molar-refractivity contribution in [2.45, 2.75) is 89.6 Å². The van der Waals surface area contributed by atoms with Gasteiger partial charge >= 0.3 is 0 Å². The van der Waals surface area contributed by atoms with E-state index in [1.165, 1.54) is 44.9 Å². The fourth-order valence-corrected chi connectivity index (χ4v) is 5.12. The smallest absolute Gasteiger partial charge is 0.222 e. The van der Waals surface area contributed by atoms with Gasteiger partial charge < -0.3 is 4.90 Å². The highest BCUT2D eigenvalue weighted by atomic mass is 16.2. The molecule has 1 amide bonds. The Morgan fingerprint density at radius 2 is 1.80 bits per heavy atom. The van der Waals surface area contributed by atoms with Gasteiger partial charge in [0.15, 0.2) is 6.19 Å². The van der Waals surface area contributed by atoms with E-state index in [2.05, 4.69) is 15.2 Å². The number of aliphatic imine (C=N–C) groups is 1. The Morgan fingerprint density at radius 3 is 2.36 bits per heavy atom. The molecule has 5 heteroatoms. The van der Waals surface area contributed by atoms with E-state index in [0.29, 0.717) is 18.0 Å². The lowest BCUT2D eigenvalue weighted by Crippen LogP contribution is -2.39. The largest absolute Gasteiger partial charge is 0.340 e. The van der Waals surface area contributed by atoms with Crippen LogP contribution in [0.1, 0.15) is 77.6 Å². The minimum atomic E-state index is 0.392. The Bertz CT molecular complexity index is 522. The van der Waals surface area contributed by atoms with E-state index in [-0.39, 0.29) is 0 Å². The molecule has 3 aliphatic rings. The maximum absolute atomic E-state index is 11.9. The first kappa shape index (κ1) is 18.2. The Balaban J connectivity index is 1.37. The molecular formula is C20H32N4O. The van der Waals surface area contributed by atoms with Crippen molar-refractivity contribution in [3.63, 3.8) is 0 Å². The fourth-order valence-electron chi connectivity index (χ4n) is 5.12. The van der Waals surface area contributed by atoms with Crippen LogP contribution in [0.2, 0.25) is 0 Å². The van der Waals surface area contributed by atoms with Crippen LogP contribution in [-0.4, -0.2) is 35.3 Å². The molecule has 0 bridgehead atoms. The number of carbonyl (C=O) groups excluding carboxylic acids is 1. The number of nitrogens with one attached hydrogen (secondary N) is 1. The molecule has 0 aromatic carbocycles. The predicted molar refractivity (Wildman–Crippen MR) is 98.9 cm³/mol. The van der Waals surface area contributed by atoms with Crippen molar-refractivity contribution >= 4 is 11.7 Å². The van der Waals surface area contributed by atoms with Gasteiger partial charge in [-0.3, -0.25) is 15.1 Å². The van der Waals surface area contributed by atoms with Crippen molar-refractivity contribution in [3.8, 4) is 6.19 Å². The van der Waals surface area contributed by atoms with Crippen molar-refractivity contribution in [2.24, 2.45) is 16.8 Å². The molecule has 1 saturated heterocycles. The average molecular weight is 345 g/mol. The molecular weight excluding hydrogens is 312 g/mol. The Kier molecular flexibility index (Phi) is 6.34. The molecule has 0 atom stereocenters. The van der Waals surface area contributed by atoms with Gasteiger partial charge in [0.2, 0.25) is 5.91 Å². The van der Waals surface area contributed by atoms with Gasteiger partial charge in [-0.05, 0) is 83.0 Å². The molecule has 2 aliphatic carbocycles. The van der Waals surface area contributed by atoms with Gasteiger partial charge in [0, 0.05) is 19.0 Å². The first-order valence-electron chi connectivity index (χ1n) is 10.1. The van der Waals surface area contributed by atoms with Crippen molar-refractivity contribution < 1.29 is 4.79 Å². The van der Waals surface area contributed by atoms with Crippen LogP contribution in [0.15, 0.2) is 4.99 Å². The summed E-state index contributed by atoms with van der Waals surface area (Å²) < 4.78 is 0. The standard InChI is InChI=1S/C20H32N4O/c1-15(22-14-21)23-18-8-4-16(5-9-18)13-17-6-10-19(11-7-17)24-12-2-3-20(24)25/h16-19H,2-13H2,1H3,(H,22,23). The molecule has 138 valence electrons. The van der Waals surface area contributed by atoms with Gasteiger partial charge in [0.1, 0.15) is 5.84 Å². The number of amides is 1. The van der Waals surface area contributed by atoms with Crippen LogP contribution in [0, 0.1) is 23.3 Å². The number of hydrogen-bond acceptors (Lipinski definition) is 3. The minimum absolute atomic E-state index is 0.392. The van der Waals surface area contributed by atoms with E-state index in [0.717, 1.165) is 49.9 Å². The average Bonchev–Trinajstić information content (AvgIpc) is 3.04. The third kappa shape index (κ3) is 4.96. The normalized spacial score (nSPS) is 34.0. The lowest BCUT2D eigenvalue weighted by molar-refractivity contribution is -0.130. The number of hydrogen-bond donors (Lipinski definition) is 1. The molecule has 3 rings (SSSR count). The second-order valence-corrected chi connectivity index (χ2v) is 8.23. The second kappa shape index (κ2) is 8.69. The van der Waals surface area contributed by atoms with Gasteiger partial charge in [-0.25, -0.2) is 0 Å². The summed E-state index contributed by atoms with van der Waals surface area (Å²) in [5.41, 5.74) is 0. The maximum atomic E-state index is 11.9. The lowest BCUT2D eigenvalue weighted by atomic mass is 9.75. The van der Waals surface area contributed by atoms with Crippen LogP contribution in [0.25, 0.3) is 0 Å². The summed E-state index contributed by atoms with van der Waals surface area (Å²) in [6.45, 7) is 2.87. The van der Waals surface area contributed by atoms with E-state index in [9.17, 15) is 4.79 Å². The molecule has 0 aromatic rings. The van der Waals surface area contributed by atoms with E-state index in [1.54, 1.807) is 0 Å². The zero-order chi connectivity index (χ0) is 17.6. The number of amidine groups is 1. The molecule has 0 radical (unpaired) electrons. The molecule has 5 nitrogen and oxygen atoms in total. The monoisotopic (exact) mass is 344 g/mol. The molecule has 2 saturated carbocycles. The number of carbonyl (C=O) groups is 1. The third-order valence-electron chi connectivity index (χ3n) is 6.46. The van der Waals surface area contributed by atoms with Crippen LogP contribution in [0.4, 0.5) is 0 Å². The van der Waals surface area contributed by atoms with E-state index < -0.39 is 0 Å². The zero-order valence-corrected chi connectivity index (χ0v) is 15.5. The molecule has 0 aromatic heterocycles. The lowest BCUT2D eigenvalue weighted by Gasteiger charge is -2.36. The van der Waals surface area contributed by atoms with E-state index >= 15 is 0 Å². The Morgan fingerprint density at radius 1 is 1.16 bits per heavy atom. The second-order valence-electron chi connectivity index (χ2n) is 8.23. The first-order chi connectivity index (χ1) is 12.2. The highest BCUT2D eigenvalue weighted by Crippen LogP contribution is 2.37. The molecule has 3 fully saturated rings. The van der Waals surface area contributed by atoms with Crippen LogP contribution in [0.5, 0.6) is 0 Å². The molecule has 1 N–H and O–H groups in total. The van der Waals surface area contributed by atoms with Crippen molar-refractivity contribution in [1.29, 1.82) is 5.26 Å². The Hall–Kier alpha value is -1.57. The van der Waals surface area contributed by atoms with Crippen LogP contribution in [-0.2, 0) is 4.79 Å². The summed E-state index contributed by atoms with van der Waals surface area (Å²) in [5.74, 6) is 2.86. The molecule has 0 spiro atoms. The highest BCUT2D eigenvalue weighted by molar-refractivity contribution is 5.81. The first-order valence-corrected chi connectivity index (χ1v) is 10.1. The third-order valence-corrected chi connectivity index (χ3v) is 6.46. The van der Waals surface area contributed by atoms with Gasteiger partial charge in [0.25, 0.3) is 0 Å².